The van der Waals surface area contributed by atoms with E-state index in [0.29, 0.717) is 19.0 Å². The molecule has 0 rings (SSSR count). The van der Waals surface area contributed by atoms with Crippen LogP contribution in [-0.2, 0) is 9.59 Å². The molecule has 23 heavy (non-hydrogen) atoms. The van der Waals surface area contributed by atoms with Crippen molar-refractivity contribution in [3.05, 3.63) is 10.4 Å². The van der Waals surface area contributed by atoms with Crippen molar-refractivity contribution >= 4 is 11.8 Å². The zero-order valence-corrected chi connectivity index (χ0v) is 14.2. The molecule has 0 aromatic carbocycles. The maximum atomic E-state index is 11.6. The summed E-state index contributed by atoms with van der Waals surface area (Å²) in [7, 11) is 0. The molecule has 0 atom stereocenters. The van der Waals surface area contributed by atoms with Crippen LogP contribution in [0.25, 0.3) is 0 Å². The lowest BCUT2D eigenvalue weighted by atomic mass is 10.3. The van der Waals surface area contributed by atoms with Gasteiger partial charge < -0.3 is 26.4 Å². The molecule has 0 heterocycles. The lowest BCUT2D eigenvalue weighted by Crippen LogP contribution is -2.42. The van der Waals surface area contributed by atoms with Crippen LogP contribution in [0.2, 0.25) is 0 Å². The first-order valence-electron chi connectivity index (χ1n) is 7.61. The monoisotopic (exact) mass is 331 g/mol. The van der Waals surface area contributed by atoms with Crippen molar-refractivity contribution in [2.24, 2.45) is 5.28 Å². The van der Waals surface area contributed by atoms with Crippen molar-refractivity contribution in [2.45, 2.75) is 52.6 Å². The Morgan fingerprint density at radius 3 is 2.17 bits per heavy atom. The van der Waals surface area contributed by atoms with Gasteiger partial charge >= 0.3 is 0 Å². The first-order chi connectivity index (χ1) is 10.8. The fourth-order valence-electron chi connectivity index (χ4n) is 1.70. The minimum absolute atomic E-state index is 0.0111. The summed E-state index contributed by atoms with van der Waals surface area (Å²) in [6, 6.07) is 0.0546. The van der Waals surface area contributed by atoms with E-state index >= 15 is 0 Å². The minimum atomic E-state index is -0.337. The van der Waals surface area contributed by atoms with E-state index in [1.807, 2.05) is 13.8 Å². The maximum Gasteiger partial charge on any atom is 0.223 e. The topological polar surface area (TPSA) is 135 Å². The van der Waals surface area contributed by atoms with Crippen LogP contribution in [0.4, 0.5) is 0 Å². The molecule has 10 heteroatoms. The van der Waals surface area contributed by atoms with E-state index in [1.54, 1.807) is 13.8 Å². The van der Waals surface area contributed by atoms with Gasteiger partial charge in [-0.25, -0.2) is 0 Å². The lowest BCUT2D eigenvalue weighted by molar-refractivity contribution is -0.697. The molecule has 0 aromatic heterocycles. The summed E-state index contributed by atoms with van der Waals surface area (Å²) >= 11 is 0. The van der Waals surface area contributed by atoms with E-state index < -0.39 is 0 Å². The fourth-order valence-corrected chi connectivity index (χ4v) is 1.70. The van der Waals surface area contributed by atoms with Crippen LogP contribution in [0.15, 0.2) is 5.28 Å². The molecule has 10 nitrogen and oxygen atoms in total. The summed E-state index contributed by atoms with van der Waals surface area (Å²) in [6.45, 7) is 8.04. The average molecular weight is 331 g/mol. The molecule has 0 radical (unpaired) electrons. The molecule has 0 saturated carbocycles. The summed E-state index contributed by atoms with van der Waals surface area (Å²) in [5.74, 6) is -0.506. The molecule has 0 saturated heterocycles. The molecule has 0 fully saturated rings. The first kappa shape index (κ1) is 20.9. The molecular weight excluding hydrogens is 304 g/mol. The standard InChI is InChI=1S/C13H28N6O4/c1-10(2)14-7-5-12(20)15-9-16-13(21)6-8-18(11(3)4)19(23)17-22/h10-11,14,22H,5-9H2,1-4H3,(H,15,20)(H,16,21)/p-1/b19-17-. The molecule has 3 N–H and O–H groups in total. The van der Waals surface area contributed by atoms with Crippen molar-refractivity contribution in [3.8, 4) is 0 Å². The Morgan fingerprint density at radius 1 is 1.13 bits per heavy atom. The molecule has 2 amide bonds. The SMILES string of the molecule is CC(C)NCCC(=O)NCNC(=O)CCN(C(C)C)/[N+]([O-])=N/[O-]. The van der Waals surface area contributed by atoms with Crippen LogP contribution in [0.1, 0.15) is 40.5 Å². The average Bonchev–Trinajstić information content (AvgIpc) is 2.46. The molecule has 0 unspecified atom stereocenters. The third-order valence-electron chi connectivity index (χ3n) is 2.93. The normalized spacial score (nSPS) is 11.7. The largest absolute Gasteiger partial charge is 0.737 e. The van der Waals surface area contributed by atoms with E-state index in [-0.39, 0.29) is 42.5 Å². The Kier molecular flexibility index (Phi) is 10.4. The molecule has 0 aliphatic rings. The predicted octanol–water partition coefficient (Wildman–Crippen LogP) is 0.0402. The second-order valence-electron chi connectivity index (χ2n) is 5.58. The lowest BCUT2D eigenvalue weighted by Gasteiger charge is -2.22. The molecule has 0 aromatic rings. The number of hydrogen-bond acceptors (Lipinski definition) is 6. The van der Waals surface area contributed by atoms with E-state index in [2.05, 4.69) is 21.2 Å². The van der Waals surface area contributed by atoms with Crippen LogP contribution < -0.4 is 16.0 Å². The summed E-state index contributed by atoms with van der Waals surface area (Å²) in [5.41, 5.74) is 0. The second kappa shape index (κ2) is 11.5. The molecule has 0 aliphatic heterocycles. The molecule has 134 valence electrons. The highest BCUT2D eigenvalue weighted by Crippen LogP contribution is 2.00. The van der Waals surface area contributed by atoms with E-state index in [4.69, 9.17) is 0 Å². The number of amides is 2. The Morgan fingerprint density at radius 2 is 1.70 bits per heavy atom. The number of nitrogens with zero attached hydrogens (tertiary/aromatic N) is 3. The molecular formula is C13H27N6O4-. The zero-order chi connectivity index (χ0) is 17.8. The van der Waals surface area contributed by atoms with Crippen LogP contribution >= 0.6 is 0 Å². The van der Waals surface area contributed by atoms with Gasteiger partial charge in [0.05, 0.1) is 19.3 Å². The van der Waals surface area contributed by atoms with Crippen molar-refractivity contribution in [1.82, 2.24) is 21.0 Å². The number of hydrogen-bond donors (Lipinski definition) is 3. The summed E-state index contributed by atoms with van der Waals surface area (Å²) < 4.78 is 0. The smallest absolute Gasteiger partial charge is 0.223 e. The van der Waals surface area contributed by atoms with E-state index in [9.17, 15) is 20.0 Å². The Balaban J connectivity index is 3.92. The Hall–Kier alpha value is -2.10. The number of carbonyl (C=O) groups is 2. The number of rotatable bonds is 11. The predicted molar refractivity (Wildman–Crippen MR) is 84.8 cm³/mol. The van der Waals surface area contributed by atoms with E-state index in [0.717, 1.165) is 5.01 Å². The number of hydrazine groups is 1. The molecule has 0 bridgehead atoms. The van der Waals surface area contributed by atoms with Gasteiger partial charge in [-0.1, -0.05) is 13.8 Å². The number of nitrogens with one attached hydrogen (secondary N) is 3. The second-order valence-corrected chi connectivity index (χ2v) is 5.58. The highest BCUT2D eigenvalue weighted by Gasteiger charge is 2.17. The Labute approximate surface area is 136 Å². The van der Waals surface area contributed by atoms with E-state index in [1.165, 1.54) is 0 Å². The van der Waals surface area contributed by atoms with Crippen molar-refractivity contribution < 1.29 is 14.6 Å². The van der Waals surface area contributed by atoms with Crippen molar-refractivity contribution in [2.75, 3.05) is 19.8 Å². The molecule has 0 aliphatic carbocycles. The van der Waals surface area contributed by atoms with Gasteiger partial charge in [0.2, 0.25) is 11.8 Å². The van der Waals surface area contributed by atoms with Crippen molar-refractivity contribution in [3.63, 3.8) is 0 Å². The van der Waals surface area contributed by atoms with Gasteiger partial charge in [0, 0.05) is 30.4 Å². The summed E-state index contributed by atoms with van der Waals surface area (Å²) in [4.78, 5) is 23.1. The van der Waals surface area contributed by atoms with Crippen LogP contribution in [0.5, 0.6) is 0 Å². The summed E-state index contributed by atoms with van der Waals surface area (Å²) in [6.07, 6.45) is 0.336. The van der Waals surface area contributed by atoms with Gasteiger partial charge in [-0.2, -0.15) is 0 Å². The van der Waals surface area contributed by atoms with Gasteiger partial charge in [-0.05, 0) is 19.1 Å². The van der Waals surface area contributed by atoms with Crippen LogP contribution in [0, 0.1) is 10.4 Å². The van der Waals surface area contributed by atoms with Crippen LogP contribution in [-0.4, -0.2) is 53.6 Å². The highest BCUT2D eigenvalue weighted by molar-refractivity contribution is 5.78. The van der Waals surface area contributed by atoms with Crippen molar-refractivity contribution in [1.29, 1.82) is 0 Å². The minimum Gasteiger partial charge on any atom is -0.737 e. The summed E-state index contributed by atoms with van der Waals surface area (Å²) in [5, 5.41) is 33.0. The fraction of sp³-hybridized carbons (Fsp3) is 0.846. The van der Waals surface area contributed by atoms with Crippen LogP contribution in [0.3, 0.4) is 0 Å². The number of carbonyl (C=O) groups excluding carboxylic acids is 2. The highest BCUT2D eigenvalue weighted by atomic mass is 16.6. The van der Waals surface area contributed by atoms with Gasteiger partial charge in [0.25, 0.3) is 0 Å². The molecule has 0 spiro atoms. The van der Waals surface area contributed by atoms with Gasteiger partial charge in [0.1, 0.15) is 0 Å². The third-order valence-corrected chi connectivity index (χ3v) is 2.93. The van der Waals surface area contributed by atoms with Gasteiger partial charge in [-0.3, -0.25) is 9.59 Å². The maximum absolute atomic E-state index is 11.6. The quantitative estimate of drug-likeness (QED) is 0.212. The first-order valence-corrected chi connectivity index (χ1v) is 7.61. The third kappa shape index (κ3) is 10.3. The zero-order valence-electron chi connectivity index (χ0n) is 14.2. The Bertz CT molecular complexity index is 400. The van der Waals surface area contributed by atoms with Gasteiger partial charge in [0.15, 0.2) is 0 Å². The van der Waals surface area contributed by atoms with Gasteiger partial charge in [-0.15, -0.1) is 5.01 Å².